The van der Waals surface area contributed by atoms with Gasteiger partial charge in [0.15, 0.2) is 27.6 Å². The maximum atomic E-state index is 12.4. The van der Waals surface area contributed by atoms with Crippen molar-refractivity contribution in [3.8, 4) is 11.5 Å². The molecule has 0 N–H and O–H groups in total. The Kier molecular flexibility index (Phi) is 3.88. The zero-order chi connectivity index (χ0) is 17.5. The Bertz CT molecular complexity index is 1060. The van der Waals surface area contributed by atoms with E-state index in [2.05, 4.69) is 20.2 Å². The summed E-state index contributed by atoms with van der Waals surface area (Å²) in [6, 6.07) is 3.09. The number of hydrogen-bond donors (Lipinski definition) is 0. The zero-order valence-electron chi connectivity index (χ0n) is 13.4. The van der Waals surface area contributed by atoms with Gasteiger partial charge in [0.1, 0.15) is 11.2 Å². The minimum atomic E-state index is -3.58. The summed E-state index contributed by atoms with van der Waals surface area (Å²) in [5.74, 6) is 0.252. The number of rotatable bonds is 4. The lowest BCUT2D eigenvalue weighted by molar-refractivity contribution is 0.112. The maximum absolute atomic E-state index is 12.4. The van der Waals surface area contributed by atoms with E-state index in [-0.39, 0.29) is 21.9 Å². The van der Waals surface area contributed by atoms with E-state index >= 15 is 0 Å². The van der Waals surface area contributed by atoms with Crippen LogP contribution in [-0.2, 0) is 16.9 Å². The molecule has 0 saturated heterocycles. The number of nitrogens with zero attached hydrogens (tertiary/aromatic N) is 5. The third kappa shape index (κ3) is 2.56. The van der Waals surface area contributed by atoms with E-state index in [1.807, 2.05) is 0 Å². The first-order valence-electron chi connectivity index (χ1n) is 7.22. The van der Waals surface area contributed by atoms with Crippen molar-refractivity contribution in [2.45, 2.75) is 18.7 Å². The van der Waals surface area contributed by atoms with Gasteiger partial charge in [0.05, 0.1) is 16.3 Å². The molecule has 0 atom stereocenters. The summed E-state index contributed by atoms with van der Waals surface area (Å²) in [6.07, 6.45) is 1.89. The van der Waals surface area contributed by atoms with Gasteiger partial charge in [0, 0.05) is 18.8 Å². The van der Waals surface area contributed by atoms with Crippen molar-refractivity contribution >= 4 is 27.3 Å². The van der Waals surface area contributed by atoms with Crippen LogP contribution in [0.1, 0.15) is 23.0 Å². The van der Waals surface area contributed by atoms with E-state index in [1.165, 1.54) is 19.2 Å². The molecule has 0 aromatic carbocycles. The van der Waals surface area contributed by atoms with Crippen molar-refractivity contribution in [2.75, 3.05) is 5.75 Å². The molecule has 0 radical (unpaired) electrons. The van der Waals surface area contributed by atoms with Crippen LogP contribution in [0.3, 0.4) is 0 Å². The van der Waals surface area contributed by atoms with Gasteiger partial charge in [-0.1, -0.05) is 6.92 Å². The molecule has 0 saturated carbocycles. The lowest BCUT2D eigenvalue weighted by atomic mass is 10.2. The van der Waals surface area contributed by atoms with Crippen molar-refractivity contribution < 1.29 is 13.2 Å². The highest BCUT2D eigenvalue weighted by Crippen LogP contribution is 2.28. The molecule has 0 aliphatic carbocycles. The highest BCUT2D eigenvalue weighted by molar-refractivity contribution is 7.91. The van der Waals surface area contributed by atoms with Crippen molar-refractivity contribution in [1.82, 2.24) is 24.7 Å². The van der Waals surface area contributed by atoms with Crippen molar-refractivity contribution in [3.05, 3.63) is 29.6 Å². The molecular formula is C15H15N5O3S. The fourth-order valence-corrected chi connectivity index (χ4v) is 3.44. The number of hydrogen-bond acceptors (Lipinski definition) is 7. The fourth-order valence-electron chi connectivity index (χ4n) is 2.38. The smallest absolute Gasteiger partial charge is 0.182 e. The van der Waals surface area contributed by atoms with Crippen LogP contribution in [0.5, 0.6) is 0 Å². The molecule has 3 aromatic heterocycles. The van der Waals surface area contributed by atoms with Gasteiger partial charge < -0.3 is 4.57 Å². The Hall–Kier alpha value is -2.68. The molecule has 24 heavy (non-hydrogen) atoms. The first kappa shape index (κ1) is 16.2. The predicted octanol–water partition coefficient (Wildman–Crippen LogP) is 1.34. The maximum Gasteiger partial charge on any atom is 0.182 e. The number of carbonyl (C=O) groups excluding carboxylic acids is 1. The average molecular weight is 345 g/mol. The van der Waals surface area contributed by atoms with E-state index < -0.39 is 9.84 Å². The molecule has 124 valence electrons. The third-order valence-electron chi connectivity index (χ3n) is 3.68. The molecule has 9 heteroatoms. The van der Waals surface area contributed by atoms with Gasteiger partial charge in [-0.05, 0) is 19.1 Å². The summed E-state index contributed by atoms with van der Waals surface area (Å²) >= 11 is 0. The SMILES string of the molecule is CCS(=O)(=O)c1cc(C=O)cnc1-c1nc2cc(C)nnc2n1C. The zero-order valence-corrected chi connectivity index (χ0v) is 14.2. The minimum absolute atomic E-state index is 0.0160. The number of sulfone groups is 1. The van der Waals surface area contributed by atoms with Crippen molar-refractivity contribution in [2.24, 2.45) is 7.05 Å². The van der Waals surface area contributed by atoms with Gasteiger partial charge in [0.2, 0.25) is 0 Å². The molecule has 0 fully saturated rings. The number of imidazole rings is 1. The number of aldehydes is 1. The van der Waals surface area contributed by atoms with Crippen LogP contribution in [0.25, 0.3) is 22.7 Å². The Labute approximate surface area is 138 Å². The molecule has 0 aliphatic heterocycles. The van der Waals surface area contributed by atoms with Gasteiger partial charge in [-0.15, -0.1) is 5.10 Å². The predicted molar refractivity (Wildman–Crippen MR) is 87.4 cm³/mol. The molecule has 0 unspecified atom stereocenters. The summed E-state index contributed by atoms with van der Waals surface area (Å²) in [7, 11) is -1.87. The largest absolute Gasteiger partial charge is 0.309 e. The molecule has 3 rings (SSSR count). The molecule has 3 aromatic rings. The Balaban J connectivity index is 2.34. The van der Waals surface area contributed by atoms with Gasteiger partial charge in [-0.3, -0.25) is 9.78 Å². The van der Waals surface area contributed by atoms with Crippen molar-refractivity contribution in [3.63, 3.8) is 0 Å². The van der Waals surface area contributed by atoms with Gasteiger partial charge >= 0.3 is 0 Å². The summed E-state index contributed by atoms with van der Waals surface area (Å²) in [4.78, 5) is 19.6. The standard InChI is InChI=1S/C15H15N5O3S/c1-4-24(22,23)12-6-10(8-21)7-16-13(12)15-17-11-5-9(2)18-19-14(11)20(15)3/h5-8H,4H2,1-3H3. The van der Waals surface area contributed by atoms with Gasteiger partial charge in [-0.25, -0.2) is 13.4 Å². The number of fused-ring (bicyclic) bond motifs is 1. The molecule has 0 amide bonds. The lowest BCUT2D eigenvalue weighted by Crippen LogP contribution is -2.09. The number of aromatic nitrogens is 5. The Morgan fingerprint density at radius 2 is 2.00 bits per heavy atom. The highest BCUT2D eigenvalue weighted by atomic mass is 32.2. The monoisotopic (exact) mass is 345 g/mol. The third-order valence-corrected chi connectivity index (χ3v) is 5.42. The second-order valence-electron chi connectivity index (χ2n) is 5.33. The second-order valence-corrected chi connectivity index (χ2v) is 7.57. The van der Waals surface area contributed by atoms with E-state index in [1.54, 1.807) is 24.6 Å². The van der Waals surface area contributed by atoms with Crippen LogP contribution >= 0.6 is 0 Å². The summed E-state index contributed by atoms with van der Waals surface area (Å²) < 4.78 is 26.5. The van der Waals surface area contributed by atoms with Crippen LogP contribution in [0, 0.1) is 6.92 Å². The van der Waals surface area contributed by atoms with E-state index in [0.717, 1.165) is 0 Å². The number of carbonyl (C=O) groups is 1. The van der Waals surface area contributed by atoms with E-state index in [9.17, 15) is 13.2 Å². The Morgan fingerprint density at radius 1 is 1.25 bits per heavy atom. The summed E-state index contributed by atoms with van der Waals surface area (Å²) in [6.45, 7) is 3.33. The summed E-state index contributed by atoms with van der Waals surface area (Å²) in [5.41, 5.74) is 2.22. The normalized spacial score (nSPS) is 11.8. The van der Waals surface area contributed by atoms with E-state index in [0.29, 0.717) is 29.0 Å². The van der Waals surface area contributed by atoms with Crippen LogP contribution in [0.2, 0.25) is 0 Å². The molecule has 0 spiro atoms. The van der Waals surface area contributed by atoms with E-state index in [4.69, 9.17) is 0 Å². The van der Waals surface area contributed by atoms with Crippen LogP contribution in [0.15, 0.2) is 23.2 Å². The molecule has 8 nitrogen and oxygen atoms in total. The topological polar surface area (TPSA) is 108 Å². The fraction of sp³-hybridized carbons (Fsp3) is 0.267. The number of aryl methyl sites for hydroxylation is 2. The van der Waals surface area contributed by atoms with Gasteiger partial charge in [0.25, 0.3) is 0 Å². The lowest BCUT2D eigenvalue weighted by Gasteiger charge is -2.09. The quantitative estimate of drug-likeness (QED) is 0.657. The highest BCUT2D eigenvalue weighted by Gasteiger charge is 2.23. The van der Waals surface area contributed by atoms with Gasteiger partial charge in [-0.2, -0.15) is 5.10 Å². The molecule has 0 aliphatic rings. The number of pyridine rings is 1. The molecule has 3 heterocycles. The minimum Gasteiger partial charge on any atom is -0.309 e. The van der Waals surface area contributed by atoms with Crippen LogP contribution in [-0.4, -0.2) is 45.2 Å². The first-order valence-corrected chi connectivity index (χ1v) is 8.87. The van der Waals surface area contributed by atoms with Crippen LogP contribution in [0.4, 0.5) is 0 Å². The second kappa shape index (κ2) is 5.75. The van der Waals surface area contributed by atoms with Crippen molar-refractivity contribution in [1.29, 1.82) is 0 Å². The summed E-state index contributed by atoms with van der Waals surface area (Å²) in [5, 5.41) is 8.08. The Morgan fingerprint density at radius 3 is 2.67 bits per heavy atom. The molecule has 0 bridgehead atoms. The average Bonchev–Trinajstić information content (AvgIpc) is 2.90. The first-order chi connectivity index (χ1) is 11.4. The van der Waals surface area contributed by atoms with Crippen LogP contribution < -0.4 is 0 Å². The molecular weight excluding hydrogens is 330 g/mol.